The third-order valence-electron chi connectivity index (χ3n) is 2.71. The number of nitrogens with zero attached hydrogens (tertiary/aromatic N) is 1. The Labute approximate surface area is 117 Å². The van der Waals surface area contributed by atoms with Gasteiger partial charge in [-0.15, -0.1) is 0 Å². The zero-order valence-corrected chi connectivity index (χ0v) is 11.5. The minimum atomic E-state index is -0.468. The molecule has 5 nitrogen and oxygen atoms in total. The zero-order chi connectivity index (χ0) is 14.5. The predicted molar refractivity (Wildman–Crippen MR) is 73.5 cm³/mol. The first-order chi connectivity index (χ1) is 9.63. The van der Waals surface area contributed by atoms with Gasteiger partial charge in [-0.25, -0.2) is 4.79 Å². The maximum atomic E-state index is 11.9. The van der Waals surface area contributed by atoms with Crippen molar-refractivity contribution in [2.45, 2.75) is 6.92 Å². The molecule has 0 saturated heterocycles. The van der Waals surface area contributed by atoms with Crippen LogP contribution in [0.1, 0.15) is 16.1 Å². The highest BCUT2D eigenvalue weighted by atomic mass is 16.5. The molecule has 104 valence electrons. The van der Waals surface area contributed by atoms with E-state index in [0.29, 0.717) is 22.8 Å². The number of hydrogen-bond donors (Lipinski definition) is 0. The van der Waals surface area contributed by atoms with E-state index in [0.717, 1.165) is 5.69 Å². The SMILES string of the molecule is COc1ccc(OC(=O)c2ccc(C)nc2)cc1OC. The predicted octanol–water partition coefficient (Wildman–Crippen LogP) is 2.63. The van der Waals surface area contributed by atoms with Crippen molar-refractivity contribution in [2.24, 2.45) is 0 Å². The van der Waals surface area contributed by atoms with Crippen molar-refractivity contribution >= 4 is 5.97 Å². The van der Waals surface area contributed by atoms with Gasteiger partial charge in [0, 0.05) is 18.0 Å². The summed E-state index contributed by atoms with van der Waals surface area (Å²) in [4.78, 5) is 16.0. The molecule has 0 aliphatic carbocycles. The molecule has 0 bridgehead atoms. The Bertz CT molecular complexity index is 608. The molecule has 0 amide bonds. The first-order valence-corrected chi connectivity index (χ1v) is 6.01. The lowest BCUT2D eigenvalue weighted by Crippen LogP contribution is -2.09. The number of carbonyl (C=O) groups is 1. The van der Waals surface area contributed by atoms with Gasteiger partial charge in [-0.05, 0) is 31.2 Å². The summed E-state index contributed by atoms with van der Waals surface area (Å²) in [7, 11) is 3.06. The molecular weight excluding hydrogens is 258 g/mol. The number of ether oxygens (including phenoxy) is 3. The largest absolute Gasteiger partial charge is 0.493 e. The van der Waals surface area contributed by atoms with Crippen LogP contribution < -0.4 is 14.2 Å². The van der Waals surface area contributed by atoms with Crippen LogP contribution in [0.5, 0.6) is 17.2 Å². The average molecular weight is 273 g/mol. The van der Waals surface area contributed by atoms with Gasteiger partial charge in [0.25, 0.3) is 0 Å². The van der Waals surface area contributed by atoms with E-state index in [4.69, 9.17) is 14.2 Å². The molecule has 0 spiro atoms. The highest BCUT2D eigenvalue weighted by molar-refractivity contribution is 5.90. The van der Waals surface area contributed by atoms with Crippen molar-refractivity contribution in [3.63, 3.8) is 0 Å². The number of aromatic nitrogens is 1. The van der Waals surface area contributed by atoms with E-state index in [1.165, 1.54) is 13.3 Å². The van der Waals surface area contributed by atoms with E-state index in [1.807, 2.05) is 6.92 Å². The minimum Gasteiger partial charge on any atom is -0.493 e. The lowest BCUT2D eigenvalue weighted by atomic mass is 10.2. The van der Waals surface area contributed by atoms with Crippen molar-refractivity contribution in [3.8, 4) is 17.2 Å². The molecule has 0 atom stereocenters. The fourth-order valence-electron chi connectivity index (χ4n) is 1.63. The number of hydrogen-bond acceptors (Lipinski definition) is 5. The zero-order valence-electron chi connectivity index (χ0n) is 11.5. The summed E-state index contributed by atoms with van der Waals surface area (Å²) in [6.45, 7) is 1.85. The Balaban J connectivity index is 2.17. The van der Waals surface area contributed by atoms with Crippen molar-refractivity contribution in [2.75, 3.05) is 14.2 Å². The van der Waals surface area contributed by atoms with E-state index in [-0.39, 0.29) is 0 Å². The van der Waals surface area contributed by atoms with Gasteiger partial charge in [-0.3, -0.25) is 4.98 Å². The molecule has 5 heteroatoms. The summed E-state index contributed by atoms with van der Waals surface area (Å²) in [5, 5.41) is 0. The quantitative estimate of drug-likeness (QED) is 0.633. The summed E-state index contributed by atoms with van der Waals surface area (Å²) in [6, 6.07) is 8.34. The summed E-state index contributed by atoms with van der Waals surface area (Å²) in [5.74, 6) is 0.988. The van der Waals surface area contributed by atoms with Crippen molar-refractivity contribution in [1.82, 2.24) is 4.98 Å². The fraction of sp³-hybridized carbons (Fsp3) is 0.200. The second kappa shape index (κ2) is 6.06. The Kier molecular flexibility index (Phi) is 4.20. The second-order valence-corrected chi connectivity index (χ2v) is 4.09. The van der Waals surface area contributed by atoms with E-state index in [2.05, 4.69) is 4.98 Å². The molecule has 0 fully saturated rings. The molecule has 2 rings (SSSR count). The van der Waals surface area contributed by atoms with Gasteiger partial charge in [0.05, 0.1) is 19.8 Å². The van der Waals surface area contributed by atoms with Crippen LogP contribution in [0.4, 0.5) is 0 Å². The van der Waals surface area contributed by atoms with Crippen LogP contribution in [0.15, 0.2) is 36.5 Å². The fourth-order valence-corrected chi connectivity index (χ4v) is 1.63. The van der Waals surface area contributed by atoms with Crippen LogP contribution in [0.3, 0.4) is 0 Å². The standard InChI is InChI=1S/C15H15NO4/c1-10-4-5-11(9-16-10)15(17)20-12-6-7-13(18-2)14(8-12)19-3/h4-9H,1-3H3. The summed E-state index contributed by atoms with van der Waals surface area (Å²) in [5.41, 5.74) is 1.23. The minimum absolute atomic E-state index is 0.383. The average Bonchev–Trinajstić information content (AvgIpc) is 2.47. The maximum Gasteiger partial charge on any atom is 0.345 e. The Hall–Kier alpha value is -2.56. The molecule has 20 heavy (non-hydrogen) atoms. The first kappa shape index (κ1) is 13.9. The number of esters is 1. The lowest BCUT2D eigenvalue weighted by molar-refractivity contribution is 0.0734. The molecule has 0 unspecified atom stereocenters. The number of carbonyl (C=O) groups excluding carboxylic acids is 1. The summed E-state index contributed by atoms with van der Waals surface area (Å²) in [6.07, 6.45) is 1.48. The maximum absolute atomic E-state index is 11.9. The Morgan fingerprint density at radius 2 is 1.80 bits per heavy atom. The molecule has 1 aromatic heterocycles. The highest BCUT2D eigenvalue weighted by Gasteiger charge is 2.11. The number of pyridine rings is 1. The van der Waals surface area contributed by atoms with E-state index >= 15 is 0 Å². The van der Waals surface area contributed by atoms with Gasteiger partial charge in [0.1, 0.15) is 5.75 Å². The molecule has 0 aliphatic heterocycles. The monoisotopic (exact) mass is 273 g/mol. The van der Waals surface area contributed by atoms with Gasteiger partial charge in [0.2, 0.25) is 0 Å². The normalized spacial score (nSPS) is 9.95. The lowest BCUT2D eigenvalue weighted by Gasteiger charge is -2.09. The van der Waals surface area contributed by atoms with Crippen LogP contribution in [0.25, 0.3) is 0 Å². The van der Waals surface area contributed by atoms with E-state index < -0.39 is 5.97 Å². The molecule has 0 N–H and O–H groups in total. The second-order valence-electron chi connectivity index (χ2n) is 4.09. The van der Waals surface area contributed by atoms with Gasteiger partial charge in [-0.1, -0.05) is 0 Å². The van der Waals surface area contributed by atoms with Crippen LogP contribution in [-0.2, 0) is 0 Å². The molecule has 1 aromatic carbocycles. The van der Waals surface area contributed by atoms with E-state index in [9.17, 15) is 4.79 Å². The van der Waals surface area contributed by atoms with Crippen LogP contribution >= 0.6 is 0 Å². The summed E-state index contributed by atoms with van der Waals surface area (Å²) >= 11 is 0. The Morgan fingerprint density at radius 1 is 1.05 bits per heavy atom. The molecule has 2 aromatic rings. The summed E-state index contributed by atoms with van der Waals surface area (Å²) < 4.78 is 15.5. The van der Waals surface area contributed by atoms with Crippen LogP contribution in [0, 0.1) is 6.92 Å². The molecule has 0 aliphatic rings. The first-order valence-electron chi connectivity index (χ1n) is 6.01. The number of aryl methyl sites for hydroxylation is 1. The Morgan fingerprint density at radius 3 is 2.40 bits per heavy atom. The van der Waals surface area contributed by atoms with Gasteiger partial charge in [0.15, 0.2) is 11.5 Å². The third-order valence-corrected chi connectivity index (χ3v) is 2.71. The molecular formula is C15H15NO4. The highest BCUT2D eigenvalue weighted by Crippen LogP contribution is 2.31. The number of benzene rings is 1. The van der Waals surface area contributed by atoms with Crippen LogP contribution in [-0.4, -0.2) is 25.2 Å². The van der Waals surface area contributed by atoms with Crippen LogP contribution in [0.2, 0.25) is 0 Å². The van der Waals surface area contributed by atoms with Gasteiger partial charge >= 0.3 is 5.97 Å². The third kappa shape index (κ3) is 3.06. The van der Waals surface area contributed by atoms with Gasteiger partial charge < -0.3 is 14.2 Å². The van der Waals surface area contributed by atoms with E-state index in [1.54, 1.807) is 37.4 Å². The number of methoxy groups -OCH3 is 2. The molecule has 1 heterocycles. The van der Waals surface area contributed by atoms with Crippen molar-refractivity contribution in [1.29, 1.82) is 0 Å². The smallest absolute Gasteiger partial charge is 0.345 e. The topological polar surface area (TPSA) is 57.7 Å². The molecule has 0 saturated carbocycles. The van der Waals surface area contributed by atoms with Crippen molar-refractivity contribution < 1.29 is 19.0 Å². The number of rotatable bonds is 4. The van der Waals surface area contributed by atoms with Gasteiger partial charge in [-0.2, -0.15) is 0 Å². The molecule has 0 radical (unpaired) electrons. The van der Waals surface area contributed by atoms with Crippen molar-refractivity contribution in [3.05, 3.63) is 47.8 Å².